The number of aryl methyl sites for hydroxylation is 1. The number of rotatable bonds is 4. The molecule has 5 nitrogen and oxygen atoms in total. The Balaban J connectivity index is 1.69. The maximum Gasteiger partial charge on any atom is 0.252 e. The van der Waals surface area contributed by atoms with Crippen molar-refractivity contribution in [3.8, 4) is 0 Å². The number of nitrogens with one attached hydrogen (secondary N) is 1. The molecule has 1 aliphatic heterocycles. The van der Waals surface area contributed by atoms with Gasteiger partial charge in [0.2, 0.25) is 5.91 Å². The number of para-hydroxylation sites is 1. The molecule has 5 heteroatoms. The molecule has 1 N–H and O–H groups in total. The summed E-state index contributed by atoms with van der Waals surface area (Å²) in [6.45, 7) is 3.36. The van der Waals surface area contributed by atoms with Crippen LogP contribution in [0.1, 0.15) is 40.5 Å². The van der Waals surface area contributed by atoms with Gasteiger partial charge in [-0.3, -0.25) is 14.6 Å². The molecule has 0 saturated carbocycles. The van der Waals surface area contributed by atoms with Crippen molar-refractivity contribution in [3.63, 3.8) is 0 Å². The molecular weight excluding hydrogens is 350 g/mol. The number of carbonyl (C=O) groups is 2. The van der Waals surface area contributed by atoms with E-state index >= 15 is 0 Å². The smallest absolute Gasteiger partial charge is 0.252 e. The quantitative estimate of drug-likeness (QED) is 0.759. The van der Waals surface area contributed by atoms with Crippen LogP contribution in [0, 0.1) is 6.92 Å². The van der Waals surface area contributed by atoms with Crippen molar-refractivity contribution in [2.45, 2.75) is 25.8 Å². The summed E-state index contributed by atoms with van der Waals surface area (Å²) < 4.78 is 0. The second kappa shape index (κ2) is 7.80. The predicted octanol–water partition coefficient (Wildman–Crippen LogP) is 3.64. The number of hydrogen-bond acceptors (Lipinski definition) is 3. The van der Waals surface area contributed by atoms with E-state index in [2.05, 4.69) is 10.3 Å². The summed E-state index contributed by atoms with van der Waals surface area (Å²) in [5.74, 6) is -0.310. The maximum absolute atomic E-state index is 13.2. The van der Waals surface area contributed by atoms with E-state index in [4.69, 9.17) is 0 Å². The van der Waals surface area contributed by atoms with E-state index in [-0.39, 0.29) is 11.8 Å². The van der Waals surface area contributed by atoms with Crippen molar-refractivity contribution >= 4 is 22.7 Å². The minimum absolute atomic E-state index is 0.0490. The first kappa shape index (κ1) is 18.2. The lowest BCUT2D eigenvalue weighted by atomic mass is 10.0. The second-order valence-electron chi connectivity index (χ2n) is 7.18. The molecule has 4 rings (SSSR count). The third-order valence-electron chi connectivity index (χ3n) is 5.16. The fraction of sp³-hybridized carbons (Fsp3) is 0.261. The van der Waals surface area contributed by atoms with Crippen molar-refractivity contribution in [1.82, 2.24) is 15.2 Å². The molecule has 142 valence electrons. The van der Waals surface area contributed by atoms with Gasteiger partial charge in [0.25, 0.3) is 5.91 Å². The van der Waals surface area contributed by atoms with Crippen LogP contribution in [0.15, 0.2) is 60.7 Å². The van der Waals surface area contributed by atoms with Gasteiger partial charge in [-0.05, 0) is 37.5 Å². The highest BCUT2D eigenvalue weighted by atomic mass is 16.2. The molecule has 0 aliphatic carbocycles. The minimum Gasteiger partial charge on any atom is -0.341 e. The van der Waals surface area contributed by atoms with Crippen LogP contribution < -0.4 is 5.32 Å². The highest BCUT2D eigenvalue weighted by Gasteiger charge is 2.29. The van der Waals surface area contributed by atoms with Crippen LogP contribution in [0.3, 0.4) is 0 Å². The van der Waals surface area contributed by atoms with E-state index in [0.29, 0.717) is 5.56 Å². The first-order chi connectivity index (χ1) is 13.6. The fourth-order valence-electron chi connectivity index (χ4n) is 3.76. The number of aromatic nitrogens is 1. The molecule has 2 heterocycles. The molecule has 1 aliphatic rings. The average Bonchev–Trinajstić information content (AvgIpc) is 3.26. The number of hydrogen-bond donors (Lipinski definition) is 1. The molecule has 3 aromatic rings. The molecule has 1 saturated heterocycles. The lowest BCUT2D eigenvalue weighted by Gasteiger charge is -2.24. The third kappa shape index (κ3) is 3.60. The molecule has 2 aromatic carbocycles. The lowest BCUT2D eigenvalue weighted by molar-refractivity contribution is -0.132. The topological polar surface area (TPSA) is 62.3 Å². The van der Waals surface area contributed by atoms with Gasteiger partial charge in [-0.1, -0.05) is 48.5 Å². The average molecular weight is 373 g/mol. The van der Waals surface area contributed by atoms with Crippen LogP contribution >= 0.6 is 0 Å². The monoisotopic (exact) mass is 373 g/mol. The van der Waals surface area contributed by atoms with Crippen LogP contribution in [0.5, 0.6) is 0 Å². The van der Waals surface area contributed by atoms with E-state index in [1.807, 2.05) is 66.4 Å². The normalized spacial score (nSPS) is 14.8. The predicted molar refractivity (Wildman–Crippen MR) is 109 cm³/mol. The molecule has 1 fully saturated rings. The van der Waals surface area contributed by atoms with E-state index in [1.165, 1.54) is 0 Å². The molecule has 0 bridgehead atoms. The first-order valence-electron chi connectivity index (χ1n) is 9.64. The van der Waals surface area contributed by atoms with E-state index in [1.54, 1.807) is 6.07 Å². The molecule has 28 heavy (non-hydrogen) atoms. The van der Waals surface area contributed by atoms with E-state index in [9.17, 15) is 9.59 Å². The largest absolute Gasteiger partial charge is 0.341 e. The summed E-state index contributed by atoms with van der Waals surface area (Å²) in [4.78, 5) is 32.7. The molecule has 0 radical (unpaired) electrons. The van der Waals surface area contributed by atoms with Gasteiger partial charge in [-0.2, -0.15) is 0 Å². The minimum atomic E-state index is -0.695. The summed E-state index contributed by atoms with van der Waals surface area (Å²) in [7, 11) is 0. The number of benzene rings is 2. The highest BCUT2D eigenvalue weighted by molar-refractivity contribution is 6.07. The van der Waals surface area contributed by atoms with Crippen molar-refractivity contribution in [1.29, 1.82) is 0 Å². The van der Waals surface area contributed by atoms with E-state index < -0.39 is 6.04 Å². The van der Waals surface area contributed by atoms with Gasteiger partial charge in [0, 0.05) is 24.2 Å². The Hall–Kier alpha value is -3.21. The summed E-state index contributed by atoms with van der Waals surface area (Å²) in [6.07, 6.45) is 2.02. The zero-order valence-electron chi connectivity index (χ0n) is 15.9. The van der Waals surface area contributed by atoms with Gasteiger partial charge in [-0.25, -0.2) is 0 Å². The Labute approximate surface area is 164 Å². The van der Waals surface area contributed by atoms with Gasteiger partial charge in [0.1, 0.15) is 6.04 Å². The first-order valence-corrected chi connectivity index (χ1v) is 9.64. The lowest BCUT2D eigenvalue weighted by Crippen LogP contribution is -2.41. The summed E-state index contributed by atoms with van der Waals surface area (Å²) >= 11 is 0. The molecule has 0 spiro atoms. The molecule has 1 aromatic heterocycles. The van der Waals surface area contributed by atoms with Crippen molar-refractivity contribution in [3.05, 3.63) is 77.5 Å². The molecule has 2 amide bonds. The van der Waals surface area contributed by atoms with Crippen molar-refractivity contribution in [2.75, 3.05) is 13.1 Å². The zero-order chi connectivity index (χ0) is 19.5. The highest BCUT2D eigenvalue weighted by Crippen LogP contribution is 2.22. The third-order valence-corrected chi connectivity index (χ3v) is 5.16. The standard InChI is InChI=1S/C23H23N3O2/c1-16-15-19(18-11-5-6-12-20(18)24-16)22(27)25-21(17-9-3-2-4-10-17)23(28)26-13-7-8-14-26/h2-6,9-12,15,21H,7-8,13-14H2,1H3,(H,25,27). The van der Waals surface area contributed by atoms with Crippen molar-refractivity contribution in [2.24, 2.45) is 0 Å². The Morgan fingerprint density at radius 2 is 1.68 bits per heavy atom. The number of amides is 2. The number of nitrogens with zero attached hydrogens (tertiary/aromatic N) is 2. The SMILES string of the molecule is Cc1cc(C(=O)NC(C(=O)N2CCCC2)c2ccccc2)c2ccccc2n1. The van der Waals surface area contributed by atoms with Crippen LogP contribution in [0.25, 0.3) is 10.9 Å². The Kier molecular flexibility index (Phi) is 5.06. The van der Waals surface area contributed by atoms with Crippen LogP contribution in [-0.2, 0) is 4.79 Å². The molecule has 1 unspecified atom stereocenters. The number of pyridine rings is 1. The van der Waals surface area contributed by atoms with Crippen LogP contribution in [-0.4, -0.2) is 34.8 Å². The zero-order valence-corrected chi connectivity index (χ0v) is 15.9. The molecular formula is C23H23N3O2. The summed E-state index contributed by atoms with van der Waals surface area (Å²) in [5, 5.41) is 3.77. The fourth-order valence-corrected chi connectivity index (χ4v) is 3.76. The summed E-state index contributed by atoms with van der Waals surface area (Å²) in [5.41, 5.74) is 2.88. The summed E-state index contributed by atoms with van der Waals surface area (Å²) in [6, 6.07) is 18.1. The molecule has 1 atom stereocenters. The van der Waals surface area contributed by atoms with Crippen molar-refractivity contribution < 1.29 is 9.59 Å². The Morgan fingerprint density at radius 1 is 1.00 bits per heavy atom. The van der Waals surface area contributed by atoms with Crippen LogP contribution in [0.4, 0.5) is 0 Å². The number of likely N-dealkylation sites (tertiary alicyclic amines) is 1. The van der Waals surface area contributed by atoms with Gasteiger partial charge < -0.3 is 10.2 Å². The maximum atomic E-state index is 13.2. The van der Waals surface area contributed by atoms with Gasteiger partial charge in [0.05, 0.1) is 11.1 Å². The van der Waals surface area contributed by atoms with E-state index in [0.717, 1.165) is 48.1 Å². The Morgan fingerprint density at radius 3 is 2.43 bits per heavy atom. The van der Waals surface area contributed by atoms with Crippen LogP contribution in [0.2, 0.25) is 0 Å². The number of carbonyl (C=O) groups excluding carboxylic acids is 2. The van der Waals surface area contributed by atoms with Gasteiger partial charge in [-0.15, -0.1) is 0 Å². The van der Waals surface area contributed by atoms with Gasteiger partial charge in [0.15, 0.2) is 0 Å². The Bertz CT molecular complexity index is 1010. The van der Waals surface area contributed by atoms with Gasteiger partial charge >= 0.3 is 0 Å². The number of fused-ring (bicyclic) bond motifs is 1. The second-order valence-corrected chi connectivity index (χ2v) is 7.18.